The fourth-order valence-electron chi connectivity index (χ4n) is 1.66. The second-order valence-corrected chi connectivity index (χ2v) is 10.4. The van der Waals surface area contributed by atoms with Crippen molar-refractivity contribution in [2.24, 2.45) is 0 Å². The van der Waals surface area contributed by atoms with Gasteiger partial charge >= 0.3 is 118 Å². The molecule has 0 spiro atoms. The third-order valence-electron chi connectivity index (χ3n) is 2.41. The Kier molecular flexibility index (Phi) is 3.88. The average Bonchev–Trinajstić information content (AvgIpc) is 2.88. The molecule has 0 fully saturated rings. The first kappa shape index (κ1) is 11.5. The quantitative estimate of drug-likeness (QED) is 0.619. The van der Waals surface area contributed by atoms with E-state index in [0.29, 0.717) is 0 Å². The van der Waals surface area contributed by atoms with Crippen LogP contribution in [0.15, 0.2) is 24.3 Å². The molecule has 0 N–H and O–H groups in total. The van der Waals surface area contributed by atoms with Gasteiger partial charge in [-0.1, -0.05) is 0 Å². The first-order valence-corrected chi connectivity index (χ1v) is 11.7. The van der Waals surface area contributed by atoms with E-state index in [-0.39, 0.29) is 0 Å². The van der Waals surface area contributed by atoms with E-state index in [2.05, 4.69) is 46.9 Å². The standard InChI is InChI=1S/C12H12S2Se2/c1-2-10-6-16-8-12-4-3-11(14-12)7-15-5-9(1)13-10/h1-4H,5-8H2. The Bertz CT molecular complexity index is 392. The molecular weight excluding hydrogens is 366 g/mol. The molecule has 0 radical (unpaired) electrons. The minimum absolute atomic E-state index is 0.759. The molecule has 0 saturated heterocycles. The molecule has 0 aliphatic carbocycles. The summed E-state index contributed by atoms with van der Waals surface area (Å²) < 4.78 is 0. The molecule has 3 rings (SSSR count). The van der Waals surface area contributed by atoms with Gasteiger partial charge in [0, 0.05) is 0 Å². The van der Waals surface area contributed by atoms with E-state index in [1.807, 2.05) is 0 Å². The summed E-state index contributed by atoms with van der Waals surface area (Å²) in [5, 5.41) is 5.32. The Morgan fingerprint density at radius 2 is 0.938 bits per heavy atom. The van der Waals surface area contributed by atoms with E-state index in [1.165, 1.54) is 21.3 Å². The van der Waals surface area contributed by atoms with Gasteiger partial charge < -0.3 is 0 Å². The van der Waals surface area contributed by atoms with Gasteiger partial charge in [0.25, 0.3) is 0 Å². The predicted molar refractivity (Wildman–Crippen MR) is 75.0 cm³/mol. The molecule has 0 unspecified atom stereocenters. The van der Waals surface area contributed by atoms with Crippen molar-refractivity contribution in [1.29, 1.82) is 0 Å². The summed E-state index contributed by atoms with van der Waals surface area (Å²) >= 11 is 5.63. The van der Waals surface area contributed by atoms with Crippen molar-refractivity contribution in [3.05, 3.63) is 43.8 Å². The van der Waals surface area contributed by atoms with Gasteiger partial charge in [0.1, 0.15) is 0 Å². The number of rotatable bonds is 0. The van der Waals surface area contributed by atoms with E-state index >= 15 is 0 Å². The molecule has 3 heterocycles. The van der Waals surface area contributed by atoms with Crippen LogP contribution < -0.4 is 0 Å². The fourth-order valence-corrected chi connectivity index (χ4v) is 9.25. The van der Waals surface area contributed by atoms with Crippen molar-refractivity contribution in [1.82, 2.24) is 0 Å². The molecule has 0 nitrogen and oxygen atoms in total. The minimum atomic E-state index is 0.759. The first-order valence-electron chi connectivity index (χ1n) is 5.21. The van der Waals surface area contributed by atoms with Crippen molar-refractivity contribution in [2.45, 2.75) is 21.3 Å². The van der Waals surface area contributed by atoms with E-state index in [9.17, 15) is 0 Å². The van der Waals surface area contributed by atoms with Crippen LogP contribution in [0.3, 0.4) is 0 Å². The molecular formula is C12H12S2Se2. The van der Waals surface area contributed by atoms with Crippen LogP contribution in [-0.4, -0.2) is 29.9 Å². The van der Waals surface area contributed by atoms with Crippen molar-refractivity contribution in [2.75, 3.05) is 0 Å². The Morgan fingerprint density at radius 1 is 0.625 bits per heavy atom. The summed E-state index contributed by atoms with van der Waals surface area (Å²) in [6, 6.07) is 9.42. The van der Waals surface area contributed by atoms with Gasteiger partial charge in [-0.2, -0.15) is 0 Å². The van der Waals surface area contributed by atoms with Gasteiger partial charge in [0.15, 0.2) is 0 Å². The molecule has 84 valence electrons. The van der Waals surface area contributed by atoms with E-state index in [1.54, 1.807) is 19.5 Å². The topological polar surface area (TPSA) is 0 Å². The monoisotopic (exact) mass is 380 g/mol. The van der Waals surface area contributed by atoms with Crippen molar-refractivity contribution < 1.29 is 0 Å². The number of hydrogen-bond donors (Lipinski definition) is 0. The average molecular weight is 378 g/mol. The molecule has 2 aromatic heterocycles. The van der Waals surface area contributed by atoms with Crippen LogP contribution in [0.2, 0.25) is 0 Å². The number of fused-ring (bicyclic) bond motifs is 4. The van der Waals surface area contributed by atoms with Crippen LogP contribution in [0.1, 0.15) is 19.5 Å². The van der Waals surface area contributed by atoms with Crippen molar-refractivity contribution >= 4 is 52.6 Å². The van der Waals surface area contributed by atoms with Crippen LogP contribution in [0.4, 0.5) is 0 Å². The normalized spacial score (nSPS) is 16.5. The molecule has 4 bridgehead atoms. The van der Waals surface area contributed by atoms with Gasteiger partial charge in [-0.05, 0) is 0 Å². The zero-order chi connectivity index (χ0) is 10.8. The van der Waals surface area contributed by atoms with Crippen LogP contribution in [0.25, 0.3) is 0 Å². The van der Waals surface area contributed by atoms with Crippen molar-refractivity contribution in [3.63, 3.8) is 0 Å². The Labute approximate surface area is 117 Å². The summed E-state index contributed by atoms with van der Waals surface area (Å²) in [6.45, 7) is 0. The molecule has 1 aliphatic heterocycles. The maximum absolute atomic E-state index is 2.36. The zero-order valence-corrected chi connectivity index (χ0v) is 13.8. The third-order valence-corrected chi connectivity index (χ3v) is 10.6. The SMILES string of the molecule is c1cc2sc1C[Se]Cc1ccc(s1)C[Se]C2. The summed E-state index contributed by atoms with van der Waals surface area (Å²) in [6.07, 6.45) is 0. The number of thiophene rings is 2. The van der Waals surface area contributed by atoms with Gasteiger partial charge in [0.05, 0.1) is 0 Å². The van der Waals surface area contributed by atoms with Gasteiger partial charge in [0.2, 0.25) is 0 Å². The Hall–Kier alpha value is 0.439. The summed E-state index contributed by atoms with van der Waals surface area (Å²) in [4.78, 5) is 6.46. The predicted octanol–water partition coefficient (Wildman–Crippen LogP) is 2.93. The summed E-state index contributed by atoms with van der Waals surface area (Å²) in [5.41, 5.74) is 0. The van der Waals surface area contributed by atoms with Crippen LogP contribution >= 0.6 is 22.7 Å². The summed E-state index contributed by atoms with van der Waals surface area (Å²) in [7, 11) is 0. The molecule has 16 heavy (non-hydrogen) atoms. The Balaban J connectivity index is 1.80. The fraction of sp³-hybridized carbons (Fsp3) is 0.333. The second-order valence-electron chi connectivity index (χ2n) is 3.72. The first-order chi connectivity index (χ1) is 7.90. The number of hydrogen-bond acceptors (Lipinski definition) is 2. The molecule has 0 amide bonds. The maximum atomic E-state index is 2.36. The molecule has 1 aliphatic rings. The zero-order valence-electron chi connectivity index (χ0n) is 8.77. The third kappa shape index (κ3) is 2.81. The molecule has 0 saturated carbocycles. The van der Waals surface area contributed by atoms with Gasteiger partial charge in [-0.3, -0.25) is 0 Å². The van der Waals surface area contributed by atoms with E-state index in [0.717, 1.165) is 29.9 Å². The molecule has 0 atom stereocenters. The van der Waals surface area contributed by atoms with E-state index in [4.69, 9.17) is 0 Å². The second kappa shape index (κ2) is 5.39. The molecule has 4 heteroatoms. The molecule has 0 aromatic carbocycles. The van der Waals surface area contributed by atoms with Gasteiger partial charge in [-0.15, -0.1) is 0 Å². The van der Waals surface area contributed by atoms with Crippen LogP contribution in [-0.2, 0) is 21.3 Å². The van der Waals surface area contributed by atoms with Crippen molar-refractivity contribution in [3.8, 4) is 0 Å². The summed E-state index contributed by atoms with van der Waals surface area (Å²) in [5.74, 6) is 0. The van der Waals surface area contributed by atoms with Crippen LogP contribution in [0.5, 0.6) is 0 Å². The molecule has 2 aromatic rings. The Morgan fingerprint density at radius 3 is 1.25 bits per heavy atom. The van der Waals surface area contributed by atoms with Crippen LogP contribution in [0, 0.1) is 0 Å². The van der Waals surface area contributed by atoms with E-state index < -0.39 is 0 Å². The van der Waals surface area contributed by atoms with Gasteiger partial charge in [-0.25, -0.2) is 0 Å².